The number of aromatic amines is 1. The fourth-order valence-electron chi connectivity index (χ4n) is 0.541. The number of hydrogen-bond donors (Lipinski definition) is 1. The lowest BCUT2D eigenvalue weighted by molar-refractivity contribution is -0.392. The Morgan fingerprint density at radius 3 is 2.60 bits per heavy atom. The molecule has 1 rings (SSSR count). The summed E-state index contributed by atoms with van der Waals surface area (Å²) in [6, 6.07) is 0. The molecule has 0 saturated carbocycles. The molecule has 0 saturated heterocycles. The molecule has 0 unspecified atom stereocenters. The van der Waals surface area contributed by atoms with Gasteiger partial charge < -0.3 is 10.1 Å². The average Bonchev–Trinajstić information content (AvgIpc) is 2.14. The highest BCUT2D eigenvalue weighted by atomic mass is 16.6. The lowest BCUT2D eigenvalue weighted by Gasteiger charge is -1.88. The summed E-state index contributed by atoms with van der Waals surface area (Å²) in [4.78, 5) is 21.9. The van der Waals surface area contributed by atoms with E-state index in [4.69, 9.17) is 0 Å². The lowest BCUT2D eigenvalue weighted by Crippen LogP contribution is -2.13. The summed E-state index contributed by atoms with van der Waals surface area (Å²) < 4.78 is 0.875. The van der Waals surface area contributed by atoms with Crippen molar-refractivity contribution < 1.29 is 4.92 Å². The Morgan fingerprint density at radius 2 is 2.40 bits per heavy atom. The minimum atomic E-state index is -0.683. The molecule has 53 valence electrons. The molecule has 1 aromatic rings. The number of nitrogens with one attached hydrogen (secondary N) is 1. The smallest absolute Gasteiger partial charge is 0.358 e. The molecule has 6 heteroatoms. The fraction of sp³-hybridized carbons (Fsp3) is 0.250. The Labute approximate surface area is 55.2 Å². The topological polar surface area (TPSA) is 80.9 Å². The third kappa shape index (κ3) is 0.790. The molecule has 1 aromatic heterocycles. The Balaban J connectivity index is 3.31. The number of H-pyrrole nitrogens is 1. The molecule has 0 aliphatic carbocycles. The SMILES string of the molecule is Cn1c([N+](=O)[O-])[c][nH]c1=O. The molecule has 0 bridgehead atoms. The second-order valence-electron chi connectivity index (χ2n) is 1.69. The summed E-state index contributed by atoms with van der Waals surface area (Å²) in [6.07, 6.45) is 2.10. The first kappa shape index (κ1) is 6.53. The largest absolute Gasteiger partial charge is 0.413 e. The quantitative estimate of drug-likeness (QED) is 0.420. The normalized spacial score (nSPS) is 9.70. The third-order valence-corrected chi connectivity index (χ3v) is 1.08. The van der Waals surface area contributed by atoms with Gasteiger partial charge >= 0.3 is 11.5 Å². The van der Waals surface area contributed by atoms with Crippen molar-refractivity contribution in [1.82, 2.24) is 9.55 Å². The molecular weight excluding hydrogens is 138 g/mol. The van der Waals surface area contributed by atoms with Crippen LogP contribution < -0.4 is 5.69 Å². The summed E-state index contributed by atoms with van der Waals surface area (Å²) in [5, 5.41) is 10.0. The Morgan fingerprint density at radius 1 is 1.80 bits per heavy atom. The van der Waals surface area contributed by atoms with Crippen molar-refractivity contribution in [2.24, 2.45) is 7.05 Å². The summed E-state index contributed by atoms with van der Waals surface area (Å²) in [7, 11) is 1.30. The molecule has 1 N–H and O–H groups in total. The average molecular weight is 142 g/mol. The van der Waals surface area contributed by atoms with E-state index in [-0.39, 0.29) is 5.82 Å². The Kier molecular flexibility index (Phi) is 1.29. The van der Waals surface area contributed by atoms with Crippen LogP contribution in [0, 0.1) is 16.3 Å². The molecular formula is C4H4N3O3. The van der Waals surface area contributed by atoms with Crippen LogP contribution in [0.25, 0.3) is 0 Å². The summed E-state index contributed by atoms with van der Waals surface area (Å²) in [5.74, 6) is -0.356. The predicted octanol–water partition coefficient (Wildman–Crippen LogP) is -0.578. The van der Waals surface area contributed by atoms with Crippen molar-refractivity contribution in [3.05, 3.63) is 26.8 Å². The Bertz CT molecular complexity index is 310. The first-order valence-electron chi connectivity index (χ1n) is 2.44. The van der Waals surface area contributed by atoms with Gasteiger partial charge in [-0.1, -0.05) is 0 Å². The van der Waals surface area contributed by atoms with E-state index in [1.807, 2.05) is 0 Å². The molecule has 0 spiro atoms. The molecule has 1 heterocycles. The molecule has 0 atom stereocenters. The standard InChI is InChI=1S/C4H4N3O3/c1-6-3(7(9)10)2-5-4(6)8/h1H3,(H,5,8). The number of hydrogen-bond acceptors (Lipinski definition) is 3. The van der Waals surface area contributed by atoms with Gasteiger partial charge in [-0.2, -0.15) is 4.57 Å². The van der Waals surface area contributed by atoms with E-state index in [0.29, 0.717) is 0 Å². The van der Waals surface area contributed by atoms with E-state index >= 15 is 0 Å². The molecule has 0 fully saturated rings. The van der Waals surface area contributed by atoms with Gasteiger partial charge in [0.1, 0.15) is 0 Å². The highest BCUT2D eigenvalue weighted by Gasteiger charge is 2.12. The molecule has 10 heavy (non-hydrogen) atoms. The molecule has 1 radical (unpaired) electrons. The maximum atomic E-state index is 10.5. The summed E-state index contributed by atoms with van der Waals surface area (Å²) in [5.41, 5.74) is -0.535. The number of aromatic nitrogens is 2. The second-order valence-corrected chi connectivity index (χ2v) is 1.69. The van der Waals surface area contributed by atoms with Crippen LogP contribution in [0.3, 0.4) is 0 Å². The highest BCUT2D eigenvalue weighted by Crippen LogP contribution is 2.00. The van der Waals surface area contributed by atoms with Crippen LogP contribution in [0.2, 0.25) is 0 Å². The fourth-order valence-corrected chi connectivity index (χ4v) is 0.541. The van der Waals surface area contributed by atoms with Gasteiger partial charge in [0.05, 0.1) is 7.05 Å². The molecule has 0 aliphatic rings. The predicted molar refractivity (Wildman–Crippen MR) is 31.5 cm³/mol. The van der Waals surface area contributed by atoms with Crippen molar-refractivity contribution in [2.75, 3.05) is 0 Å². The molecule has 0 aromatic carbocycles. The monoisotopic (exact) mass is 142 g/mol. The summed E-state index contributed by atoms with van der Waals surface area (Å²) >= 11 is 0. The molecule has 0 amide bonds. The van der Waals surface area contributed by atoms with Crippen LogP contribution in [0.1, 0.15) is 0 Å². The van der Waals surface area contributed by atoms with E-state index < -0.39 is 10.6 Å². The van der Waals surface area contributed by atoms with Gasteiger partial charge in [0.25, 0.3) is 0 Å². The first-order chi connectivity index (χ1) is 4.63. The van der Waals surface area contributed by atoms with Gasteiger partial charge in [0, 0.05) is 0 Å². The maximum Gasteiger partial charge on any atom is 0.413 e. The lowest BCUT2D eigenvalue weighted by atomic mass is 10.8. The number of nitrogens with zero attached hydrogens (tertiary/aromatic N) is 2. The van der Waals surface area contributed by atoms with Crippen molar-refractivity contribution in [1.29, 1.82) is 0 Å². The zero-order valence-corrected chi connectivity index (χ0v) is 5.12. The number of rotatable bonds is 1. The van der Waals surface area contributed by atoms with Crippen LogP contribution in [0.5, 0.6) is 0 Å². The van der Waals surface area contributed by atoms with Crippen molar-refractivity contribution in [3.8, 4) is 0 Å². The zero-order chi connectivity index (χ0) is 7.72. The van der Waals surface area contributed by atoms with Crippen molar-refractivity contribution in [2.45, 2.75) is 0 Å². The van der Waals surface area contributed by atoms with Gasteiger partial charge in [-0.05, 0) is 4.92 Å². The zero-order valence-electron chi connectivity index (χ0n) is 5.12. The second kappa shape index (κ2) is 1.98. The number of nitro groups is 1. The first-order valence-corrected chi connectivity index (χ1v) is 2.44. The van der Waals surface area contributed by atoms with Gasteiger partial charge in [0.2, 0.25) is 0 Å². The van der Waals surface area contributed by atoms with Gasteiger partial charge in [-0.15, -0.1) is 0 Å². The summed E-state index contributed by atoms with van der Waals surface area (Å²) in [6.45, 7) is 0. The van der Waals surface area contributed by atoms with Crippen LogP contribution >= 0.6 is 0 Å². The molecule has 0 aliphatic heterocycles. The van der Waals surface area contributed by atoms with Crippen LogP contribution in [-0.4, -0.2) is 14.5 Å². The Hall–Kier alpha value is -1.59. The van der Waals surface area contributed by atoms with Crippen LogP contribution in [-0.2, 0) is 7.05 Å². The maximum absolute atomic E-state index is 10.5. The number of imidazole rings is 1. The van der Waals surface area contributed by atoms with Crippen LogP contribution in [0.4, 0.5) is 5.82 Å². The highest BCUT2D eigenvalue weighted by molar-refractivity contribution is 5.11. The van der Waals surface area contributed by atoms with E-state index in [2.05, 4.69) is 11.2 Å². The third-order valence-electron chi connectivity index (χ3n) is 1.08. The van der Waals surface area contributed by atoms with E-state index in [0.717, 1.165) is 4.57 Å². The minimum absolute atomic E-state index is 0.356. The van der Waals surface area contributed by atoms with Crippen molar-refractivity contribution >= 4 is 5.82 Å². The molecule has 6 nitrogen and oxygen atoms in total. The minimum Gasteiger partial charge on any atom is -0.358 e. The van der Waals surface area contributed by atoms with Crippen LogP contribution in [0.15, 0.2) is 4.79 Å². The van der Waals surface area contributed by atoms with E-state index in [1.165, 1.54) is 7.05 Å². The van der Waals surface area contributed by atoms with Gasteiger partial charge in [-0.3, -0.25) is 4.98 Å². The van der Waals surface area contributed by atoms with Gasteiger partial charge in [-0.25, -0.2) is 4.79 Å². The van der Waals surface area contributed by atoms with Gasteiger partial charge in [0.15, 0.2) is 6.20 Å². The van der Waals surface area contributed by atoms with E-state index in [9.17, 15) is 14.9 Å². The van der Waals surface area contributed by atoms with E-state index in [1.54, 1.807) is 0 Å². The van der Waals surface area contributed by atoms with Crippen molar-refractivity contribution in [3.63, 3.8) is 0 Å².